The standard InChI is InChI=1S/C23H26N4O2S/c28-22(19-11-9-17(10-12-19)15-30-23-25-16-26-27-23)24-14-18-5-4-8-21(13-18)29-20-6-2-1-3-7-20/h4-5,8-13,16,20H,1-3,6-7,14-15H2,(H,24,28)(H,25,26,27). The molecule has 1 aliphatic carbocycles. The third kappa shape index (κ3) is 5.86. The van der Waals surface area contributed by atoms with Gasteiger partial charge in [-0.25, -0.2) is 4.98 Å². The number of nitrogens with one attached hydrogen (secondary N) is 2. The number of H-pyrrole nitrogens is 1. The van der Waals surface area contributed by atoms with Crippen LogP contribution in [0.15, 0.2) is 60.0 Å². The van der Waals surface area contributed by atoms with Crippen molar-refractivity contribution in [2.45, 2.75) is 55.7 Å². The second-order valence-corrected chi connectivity index (χ2v) is 8.45. The summed E-state index contributed by atoms with van der Waals surface area (Å²) in [4.78, 5) is 16.6. The SMILES string of the molecule is O=C(NCc1cccc(OC2CCCCC2)c1)c1ccc(CSc2ncn[nH]2)cc1. The number of amides is 1. The molecule has 0 saturated heterocycles. The quantitative estimate of drug-likeness (QED) is 0.513. The normalized spacial score (nSPS) is 14.4. The van der Waals surface area contributed by atoms with Crippen LogP contribution in [-0.2, 0) is 12.3 Å². The van der Waals surface area contributed by atoms with Gasteiger partial charge in [-0.05, 0) is 61.1 Å². The van der Waals surface area contributed by atoms with Crippen molar-refractivity contribution in [3.8, 4) is 5.75 Å². The first-order valence-corrected chi connectivity index (χ1v) is 11.4. The number of aromatic nitrogens is 3. The lowest BCUT2D eigenvalue weighted by atomic mass is 9.98. The fourth-order valence-corrected chi connectivity index (χ4v) is 4.29. The van der Waals surface area contributed by atoms with Gasteiger partial charge in [-0.1, -0.05) is 42.4 Å². The molecule has 1 fully saturated rings. The maximum Gasteiger partial charge on any atom is 0.251 e. The highest BCUT2D eigenvalue weighted by Gasteiger charge is 2.15. The van der Waals surface area contributed by atoms with Gasteiger partial charge >= 0.3 is 0 Å². The molecule has 4 rings (SSSR count). The molecule has 6 nitrogen and oxygen atoms in total. The maximum atomic E-state index is 12.5. The van der Waals surface area contributed by atoms with Crippen LogP contribution < -0.4 is 10.1 Å². The Morgan fingerprint density at radius 2 is 1.93 bits per heavy atom. The molecule has 1 aromatic heterocycles. The third-order valence-electron chi connectivity index (χ3n) is 5.19. The van der Waals surface area contributed by atoms with Crippen molar-refractivity contribution in [3.05, 3.63) is 71.5 Å². The number of carbonyl (C=O) groups excluding carboxylic acids is 1. The van der Waals surface area contributed by atoms with E-state index in [1.54, 1.807) is 11.8 Å². The molecule has 30 heavy (non-hydrogen) atoms. The summed E-state index contributed by atoms with van der Waals surface area (Å²) in [5.74, 6) is 1.58. The van der Waals surface area contributed by atoms with Gasteiger partial charge in [-0.15, -0.1) is 0 Å². The van der Waals surface area contributed by atoms with Crippen LogP contribution in [-0.4, -0.2) is 27.2 Å². The van der Waals surface area contributed by atoms with E-state index in [1.807, 2.05) is 48.5 Å². The minimum absolute atomic E-state index is 0.0805. The second kappa shape index (κ2) is 10.3. The summed E-state index contributed by atoms with van der Waals surface area (Å²) >= 11 is 1.57. The molecule has 2 aromatic carbocycles. The van der Waals surface area contributed by atoms with Crippen molar-refractivity contribution >= 4 is 17.7 Å². The molecule has 1 amide bonds. The van der Waals surface area contributed by atoms with Gasteiger partial charge in [0.05, 0.1) is 6.10 Å². The molecule has 7 heteroatoms. The fourth-order valence-electron chi connectivity index (χ4n) is 3.56. The predicted octanol–water partition coefficient (Wildman–Crippen LogP) is 4.74. The minimum Gasteiger partial charge on any atom is -0.490 e. The molecule has 1 heterocycles. The van der Waals surface area contributed by atoms with Crippen molar-refractivity contribution < 1.29 is 9.53 Å². The van der Waals surface area contributed by atoms with Gasteiger partial charge in [-0.3, -0.25) is 9.89 Å². The van der Waals surface area contributed by atoms with Gasteiger partial charge in [0.2, 0.25) is 0 Å². The highest BCUT2D eigenvalue weighted by molar-refractivity contribution is 7.98. The topological polar surface area (TPSA) is 79.9 Å². The van der Waals surface area contributed by atoms with E-state index in [1.165, 1.54) is 25.6 Å². The van der Waals surface area contributed by atoms with Crippen LogP contribution in [0.25, 0.3) is 0 Å². The van der Waals surface area contributed by atoms with E-state index >= 15 is 0 Å². The molecule has 0 bridgehead atoms. The van der Waals surface area contributed by atoms with Gasteiger partial charge in [0.25, 0.3) is 5.91 Å². The first-order chi connectivity index (χ1) is 14.8. The number of nitrogens with zero attached hydrogens (tertiary/aromatic N) is 2. The monoisotopic (exact) mass is 422 g/mol. The van der Waals surface area contributed by atoms with E-state index in [2.05, 4.69) is 20.5 Å². The number of thioether (sulfide) groups is 1. The number of hydrogen-bond acceptors (Lipinski definition) is 5. The van der Waals surface area contributed by atoms with Gasteiger partial charge in [0.1, 0.15) is 12.1 Å². The summed E-state index contributed by atoms with van der Waals surface area (Å²) in [6.07, 6.45) is 7.89. The minimum atomic E-state index is -0.0805. The Hall–Kier alpha value is -2.80. The lowest BCUT2D eigenvalue weighted by Crippen LogP contribution is -2.23. The average molecular weight is 423 g/mol. The van der Waals surface area contributed by atoms with Crippen LogP contribution >= 0.6 is 11.8 Å². The number of rotatable bonds is 8. The van der Waals surface area contributed by atoms with Crippen molar-refractivity contribution in [3.63, 3.8) is 0 Å². The summed E-state index contributed by atoms with van der Waals surface area (Å²) < 4.78 is 6.13. The Labute approximate surface area is 180 Å². The van der Waals surface area contributed by atoms with E-state index in [0.29, 0.717) is 18.2 Å². The third-order valence-corrected chi connectivity index (χ3v) is 6.14. The maximum absolute atomic E-state index is 12.5. The first-order valence-electron chi connectivity index (χ1n) is 10.4. The summed E-state index contributed by atoms with van der Waals surface area (Å²) in [7, 11) is 0. The van der Waals surface area contributed by atoms with Crippen molar-refractivity contribution in [1.82, 2.24) is 20.5 Å². The number of aromatic amines is 1. The Balaban J connectivity index is 1.27. The van der Waals surface area contributed by atoms with Gasteiger partial charge in [0, 0.05) is 17.9 Å². The molecular weight excluding hydrogens is 396 g/mol. The number of carbonyl (C=O) groups is 1. The molecule has 0 atom stereocenters. The van der Waals surface area contributed by atoms with Crippen LogP contribution in [0.5, 0.6) is 5.75 Å². The lowest BCUT2D eigenvalue weighted by molar-refractivity contribution is 0.0950. The smallest absolute Gasteiger partial charge is 0.251 e. The second-order valence-electron chi connectivity index (χ2n) is 7.48. The van der Waals surface area contributed by atoms with Gasteiger partial charge in [0.15, 0.2) is 5.16 Å². The fraction of sp³-hybridized carbons (Fsp3) is 0.348. The van der Waals surface area contributed by atoms with Crippen LogP contribution in [0, 0.1) is 0 Å². The Kier molecular flexibility index (Phi) is 7.03. The Morgan fingerprint density at radius 3 is 2.70 bits per heavy atom. The highest BCUT2D eigenvalue weighted by atomic mass is 32.2. The zero-order valence-electron chi connectivity index (χ0n) is 16.8. The number of ether oxygens (including phenoxy) is 1. The summed E-state index contributed by atoms with van der Waals surface area (Å²) in [6, 6.07) is 15.7. The molecule has 1 aliphatic rings. The number of hydrogen-bond donors (Lipinski definition) is 2. The van der Waals surface area contributed by atoms with Crippen molar-refractivity contribution in [2.24, 2.45) is 0 Å². The summed E-state index contributed by atoms with van der Waals surface area (Å²) in [6.45, 7) is 0.476. The van der Waals surface area contributed by atoms with E-state index in [4.69, 9.17) is 4.74 Å². The molecule has 0 aliphatic heterocycles. The molecule has 3 aromatic rings. The van der Waals surface area contributed by atoms with E-state index < -0.39 is 0 Å². The molecular formula is C23H26N4O2S. The largest absolute Gasteiger partial charge is 0.490 e. The molecule has 0 unspecified atom stereocenters. The molecule has 1 saturated carbocycles. The van der Waals surface area contributed by atoms with Gasteiger partial charge < -0.3 is 10.1 Å². The first kappa shape index (κ1) is 20.5. The zero-order chi connectivity index (χ0) is 20.6. The number of benzene rings is 2. The highest BCUT2D eigenvalue weighted by Crippen LogP contribution is 2.24. The van der Waals surface area contributed by atoms with E-state index in [0.717, 1.165) is 40.6 Å². The van der Waals surface area contributed by atoms with Crippen molar-refractivity contribution in [1.29, 1.82) is 0 Å². The zero-order valence-corrected chi connectivity index (χ0v) is 17.7. The molecule has 156 valence electrons. The van der Waals surface area contributed by atoms with Crippen LogP contribution in [0.4, 0.5) is 0 Å². The van der Waals surface area contributed by atoms with E-state index in [-0.39, 0.29) is 5.91 Å². The predicted molar refractivity (Wildman–Crippen MR) is 117 cm³/mol. The van der Waals surface area contributed by atoms with Crippen LogP contribution in [0.1, 0.15) is 53.6 Å². The van der Waals surface area contributed by atoms with Crippen LogP contribution in [0.3, 0.4) is 0 Å². The van der Waals surface area contributed by atoms with Crippen molar-refractivity contribution in [2.75, 3.05) is 0 Å². The molecule has 0 spiro atoms. The van der Waals surface area contributed by atoms with E-state index in [9.17, 15) is 4.79 Å². The molecule has 2 N–H and O–H groups in total. The average Bonchev–Trinajstić information content (AvgIpc) is 3.31. The van der Waals surface area contributed by atoms with Gasteiger partial charge in [-0.2, -0.15) is 5.10 Å². The Morgan fingerprint density at radius 1 is 1.10 bits per heavy atom. The van der Waals surface area contributed by atoms with Crippen LogP contribution in [0.2, 0.25) is 0 Å². The Bertz CT molecular complexity index is 938. The molecule has 0 radical (unpaired) electrons. The summed E-state index contributed by atoms with van der Waals surface area (Å²) in [5.41, 5.74) is 2.82. The summed E-state index contributed by atoms with van der Waals surface area (Å²) in [5, 5.41) is 10.4. The lowest BCUT2D eigenvalue weighted by Gasteiger charge is -2.23.